The first-order valence-electron chi connectivity index (χ1n) is 12.6. The van der Waals surface area contributed by atoms with E-state index in [9.17, 15) is 0 Å². The molecule has 1 aliphatic rings. The van der Waals surface area contributed by atoms with Crippen LogP contribution in [0.15, 0.2) is 78.9 Å². The second kappa shape index (κ2) is 12.1. The highest BCUT2D eigenvalue weighted by atomic mass is 35.5. The van der Waals surface area contributed by atoms with Crippen molar-refractivity contribution in [2.75, 3.05) is 13.7 Å². The topological polar surface area (TPSA) is 65.5 Å². The quantitative estimate of drug-likeness (QED) is 0.268. The lowest BCUT2D eigenvalue weighted by molar-refractivity contribution is 0.279. The maximum Gasteiger partial charge on any atom is 0.162 e. The summed E-state index contributed by atoms with van der Waals surface area (Å²) in [4.78, 5) is 0. The fourth-order valence-electron chi connectivity index (χ4n) is 4.48. The average Bonchev–Trinajstić information content (AvgIpc) is 2.95. The maximum absolute atomic E-state index is 6.06. The van der Waals surface area contributed by atoms with Crippen LogP contribution in [-0.4, -0.2) is 23.9 Å². The molecule has 1 aliphatic heterocycles. The highest BCUT2D eigenvalue weighted by Gasteiger charge is 2.18. The molecular formula is C31H30ClN3O3. The van der Waals surface area contributed by atoms with Crippen LogP contribution in [0.5, 0.6) is 17.2 Å². The van der Waals surface area contributed by atoms with E-state index in [1.165, 1.54) is 11.1 Å². The average molecular weight is 528 g/mol. The predicted molar refractivity (Wildman–Crippen MR) is 150 cm³/mol. The van der Waals surface area contributed by atoms with Gasteiger partial charge < -0.3 is 19.5 Å². The number of ether oxygens (including phenoxy) is 3. The van der Waals surface area contributed by atoms with Gasteiger partial charge in [0.05, 0.1) is 13.2 Å². The number of hydrogen-bond acceptors (Lipinski definition) is 6. The molecule has 0 saturated carbocycles. The van der Waals surface area contributed by atoms with Crippen LogP contribution < -0.4 is 19.5 Å². The van der Waals surface area contributed by atoms with Crippen molar-refractivity contribution in [2.24, 2.45) is 0 Å². The van der Waals surface area contributed by atoms with E-state index in [0.717, 1.165) is 35.4 Å². The Labute approximate surface area is 228 Å². The Bertz CT molecular complexity index is 1410. The summed E-state index contributed by atoms with van der Waals surface area (Å²) >= 11 is 5.84. The molecule has 1 aromatic heterocycles. The van der Waals surface area contributed by atoms with Crippen LogP contribution in [0, 0.1) is 6.92 Å². The number of aromatic nitrogens is 2. The number of hydrogen-bond donors (Lipinski definition) is 1. The minimum atomic E-state index is 0.108. The van der Waals surface area contributed by atoms with Crippen molar-refractivity contribution in [3.8, 4) is 17.2 Å². The lowest BCUT2D eigenvalue weighted by Gasteiger charge is -2.25. The zero-order chi connectivity index (χ0) is 26.3. The summed E-state index contributed by atoms with van der Waals surface area (Å²) in [6.07, 6.45) is 5.30. The fraction of sp³-hybridized carbons (Fsp3) is 0.226. The number of nitrogens with one attached hydrogen (secondary N) is 1. The second-order valence-electron chi connectivity index (χ2n) is 9.17. The Kier molecular flexibility index (Phi) is 8.22. The number of nitrogens with zero attached hydrogens (tertiary/aromatic N) is 2. The summed E-state index contributed by atoms with van der Waals surface area (Å²) in [5.74, 6) is 2.22. The third-order valence-corrected chi connectivity index (χ3v) is 6.74. The molecule has 1 N–H and O–H groups in total. The molecule has 1 unspecified atom stereocenters. The zero-order valence-electron chi connectivity index (χ0n) is 21.5. The molecule has 38 heavy (non-hydrogen) atoms. The van der Waals surface area contributed by atoms with Gasteiger partial charge in [0.2, 0.25) is 0 Å². The first-order chi connectivity index (χ1) is 18.6. The molecule has 0 radical (unpaired) electrons. The molecule has 7 heteroatoms. The Hall–Kier alpha value is -3.87. The minimum Gasteiger partial charge on any atom is -0.493 e. The van der Waals surface area contributed by atoms with E-state index in [4.69, 9.17) is 25.8 Å². The zero-order valence-corrected chi connectivity index (χ0v) is 22.2. The molecule has 194 valence electrons. The molecule has 0 aliphatic carbocycles. The lowest BCUT2D eigenvalue weighted by Crippen LogP contribution is -2.28. The molecule has 0 amide bonds. The van der Waals surface area contributed by atoms with Gasteiger partial charge in [-0.05, 0) is 77.6 Å². The summed E-state index contributed by atoms with van der Waals surface area (Å²) in [6.45, 7) is 3.80. The summed E-state index contributed by atoms with van der Waals surface area (Å²) in [6, 6.07) is 24.2. The third kappa shape index (κ3) is 6.33. The van der Waals surface area contributed by atoms with Gasteiger partial charge in [0.15, 0.2) is 16.7 Å². The highest BCUT2D eigenvalue weighted by Crippen LogP contribution is 2.33. The largest absolute Gasteiger partial charge is 0.493 e. The molecule has 0 saturated heterocycles. The van der Waals surface area contributed by atoms with E-state index in [1.807, 2.05) is 30.3 Å². The van der Waals surface area contributed by atoms with E-state index in [-0.39, 0.29) is 12.6 Å². The Morgan fingerprint density at radius 2 is 1.82 bits per heavy atom. The van der Waals surface area contributed by atoms with E-state index in [0.29, 0.717) is 29.0 Å². The molecule has 6 nitrogen and oxygen atoms in total. The van der Waals surface area contributed by atoms with E-state index in [1.54, 1.807) is 19.2 Å². The SMILES string of the molecule is COc1cc(C)c(/C=C/C2NCCc3cc(OCc4ccccc4)ccc32)cc1OCc1ccc(Cl)nn1. The molecule has 3 aromatic carbocycles. The Balaban J connectivity index is 1.30. The molecule has 1 atom stereocenters. The van der Waals surface area contributed by atoms with Crippen molar-refractivity contribution in [1.29, 1.82) is 0 Å². The van der Waals surface area contributed by atoms with Gasteiger partial charge in [-0.25, -0.2) is 0 Å². The minimum absolute atomic E-state index is 0.108. The van der Waals surface area contributed by atoms with Crippen LogP contribution in [0.3, 0.4) is 0 Å². The van der Waals surface area contributed by atoms with Gasteiger partial charge in [0, 0.05) is 6.54 Å². The summed E-state index contributed by atoms with van der Waals surface area (Å²) < 4.78 is 17.6. The number of fused-ring (bicyclic) bond motifs is 1. The number of aryl methyl sites for hydroxylation is 1. The van der Waals surface area contributed by atoms with Crippen LogP contribution >= 0.6 is 11.6 Å². The smallest absolute Gasteiger partial charge is 0.162 e. The molecule has 4 aromatic rings. The van der Waals surface area contributed by atoms with E-state index >= 15 is 0 Å². The van der Waals surface area contributed by atoms with Gasteiger partial charge in [-0.15, -0.1) is 5.10 Å². The predicted octanol–water partition coefficient (Wildman–Crippen LogP) is 6.51. The number of halogens is 1. The monoisotopic (exact) mass is 527 g/mol. The number of benzene rings is 3. The van der Waals surface area contributed by atoms with Crippen molar-refractivity contribution < 1.29 is 14.2 Å². The number of rotatable bonds is 9. The first kappa shape index (κ1) is 25.8. The second-order valence-corrected chi connectivity index (χ2v) is 9.56. The van der Waals surface area contributed by atoms with Crippen LogP contribution in [0.4, 0.5) is 0 Å². The van der Waals surface area contributed by atoms with Crippen LogP contribution in [0.1, 0.15) is 39.6 Å². The van der Waals surface area contributed by atoms with E-state index < -0.39 is 0 Å². The van der Waals surface area contributed by atoms with Gasteiger partial charge in [-0.3, -0.25) is 0 Å². The van der Waals surface area contributed by atoms with Crippen LogP contribution in [0.25, 0.3) is 6.08 Å². The molecule has 0 fully saturated rings. The van der Waals surface area contributed by atoms with Crippen molar-refractivity contribution in [3.63, 3.8) is 0 Å². The molecule has 2 heterocycles. The van der Waals surface area contributed by atoms with Gasteiger partial charge in [0.1, 0.15) is 24.7 Å². The van der Waals surface area contributed by atoms with Gasteiger partial charge >= 0.3 is 0 Å². The van der Waals surface area contributed by atoms with Crippen molar-refractivity contribution in [3.05, 3.63) is 118 Å². The fourth-order valence-corrected chi connectivity index (χ4v) is 4.58. The van der Waals surface area contributed by atoms with Gasteiger partial charge in [-0.1, -0.05) is 60.2 Å². The summed E-state index contributed by atoms with van der Waals surface area (Å²) in [5.41, 5.74) is 6.57. The van der Waals surface area contributed by atoms with E-state index in [2.05, 4.69) is 64.9 Å². The lowest BCUT2D eigenvalue weighted by atomic mass is 9.93. The Morgan fingerprint density at radius 3 is 2.61 bits per heavy atom. The molecule has 0 spiro atoms. The van der Waals surface area contributed by atoms with Crippen LogP contribution in [-0.2, 0) is 19.6 Å². The maximum atomic E-state index is 6.06. The molecule has 0 bridgehead atoms. The van der Waals surface area contributed by atoms with Crippen LogP contribution in [0.2, 0.25) is 5.15 Å². The molecule has 5 rings (SSSR count). The first-order valence-corrected chi connectivity index (χ1v) is 13.0. The highest BCUT2D eigenvalue weighted by molar-refractivity contribution is 6.29. The summed E-state index contributed by atoms with van der Waals surface area (Å²) in [7, 11) is 1.64. The van der Waals surface area contributed by atoms with Gasteiger partial charge in [0.25, 0.3) is 0 Å². The molecular weight excluding hydrogens is 498 g/mol. The normalized spacial score (nSPS) is 14.8. The van der Waals surface area contributed by atoms with Crippen molar-refractivity contribution in [1.82, 2.24) is 15.5 Å². The number of methoxy groups -OCH3 is 1. The Morgan fingerprint density at radius 1 is 0.947 bits per heavy atom. The van der Waals surface area contributed by atoms with Crippen molar-refractivity contribution >= 4 is 17.7 Å². The van der Waals surface area contributed by atoms with Crippen molar-refractivity contribution in [2.45, 2.75) is 32.6 Å². The summed E-state index contributed by atoms with van der Waals surface area (Å²) in [5, 5.41) is 11.9. The third-order valence-electron chi connectivity index (χ3n) is 6.54. The standard InChI is InChI=1S/C31H30ClN3O3/c1-21-16-29(36-2)30(38-20-25-9-13-31(32)35-34-25)18-23(21)8-12-28-27-11-10-26(17-24(27)14-15-33-28)37-19-22-6-4-3-5-7-22/h3-13,16-18,28,33H,14-15,19-20H2,1-2H3/b12-8+. The van der Waals surface area contributed by atoms with Gasteiger partial charge in [-0.2, -0.15) is 5.10 Å².